The van der Waals surface area contributed by atoms with Crippen LogP contribution in [0.3, 0.4) is 0 Å². The van der Waals surface area contributed by atoms with Gasteiger partial charge < -0.3 is 14.8 Å². The fraction of sp³-hybridized carbons (Fsp3) is 0.154. The summed E-state index contributed by atoms with van der Waals surface area (Å²) in [6.45, 7) is 0.761. The van der Waals surface area contributed by atoms with E-state index in [4.69, 9.17) is 9.47 Å². The summed E-state index contributed by atoms with van der Waals surface area (Å²) in [6.07, 6.45) is 2.81. The number of fused-ring (bicyclic) bond motifs is 1. The SMILES string of the molecule is Fc1cncc(CNc2ccc3c(c2)OCO3)c1. The lowest BCUT2D eigenvalue weighted by Crippen LogP contribution is -2.00. The van der Waals surface area contributed by atoms with Crippen LogP contribution in [0.4, 0.5) is 10.1 Å². The summed E-state index contributed by atoms with van der Waals surface area (Å²) in [5.41, 5.74) is 1.68. The Morgan fingerprint density at radius 3 is 2.94 bits per heavy atom. The third-order valence-corrected chi connectivity index (χ3v) is 2.63. The standard InChI is InChI=1S/C13H11FN2O2/c14-10-3-9(5-15-7-10)6-16-11-1-2-12-13(4-11)18-8-17-12/h1-5,7,16H,6,8H2. The van der Waals surface area contributed by atoms with Crippen LogP contribution in [0, 0.1) is 5.82 Å². The van der Waals surface area contributed by atoms with Crippen LogP contribution >= 0.6 is 0 Å². The maximum absolute atomic E-state index is 12.9. The summed E-state index contributed by atoms with van der Waals surface area (Å²) in [4.78, 5) is 3.79. The van der Waals surface area contributed by atoms with Gasteiger partial charge in [-0.15, -0.1) is 0 Å². The van der Waals surface area contributed by atoms with Crippen molar-refractivity contribution in [1.29, 1.82) is 0 Å². The fourth-order valence-electron chi connectivity index (χ4n) is 1.76. The molecular formula is C13H11FN2O2. The number of halogens is 1. The fourth-order valence-corrected chi connectivity index (χ4v) is 1.76. The van der Waals surface area contributed by atoms with Gasteiger partial charge in [0.15, 0.2) is 11.5 Å². The van der Waals surface area contributed by atoms with Crippen LogP contribution in [0.2, 0.25) is 0 Å². The molecule has 1 aromatic heterocycles. The van der Waals surface area contributed by atoms with E-state index in [2.05, 4.69) is 10.3 Å². The van der Waals surface area contributed by atoms with Crippen molar-refractivity contribution in [2.45, 2.75) is 6.54 Å². The molecule has 1 aliphatic rings. The second-order valence-electron chi connectivity index (χ2n) is 3.93. The number of hydrogen-bond donors (Lipinski definition) is 1. The number of anilines is 1. The third-order valence-electron chi connectivity index (χ3n) is 2.63. The average molecular weight is 246 g/mol. The Bertz CT molecular complexity index is 575. The van der Waals surface area contributed by atoms with E-state index in [0.717, 1.165) is 22.7 Å². The molecule has 0 aliphatic carbocycles. The van der Waals surface area contributed by atoms with Gasteiger partial charge in [-0.05, 0) is 23.8 Å². The first-order chi connectivity index (χ1) is 8.81. The monoisotopic (exact) mass is 246 g/mol. The normalized spacial score (nSPS) is 12.5. The van der Waals surface area contributed by atoms with Crippen LogP contribution in [0.5, 0.6) is 11.5 Å². The minimum atomic E-state index is -0.333. The molecule has 3 rings (SSSR count). The molecule has 0 unspecified atom stereocenters. The van der Waals surface area contributed by atoms with Crippen LogP contribution in [0.1, 0.15) is 5.56 Å². The van der Waals surface area contributed by atoms with E-state index >= 15 is 0 Å². The minimum Gasteiger partial charge on any atom is -0.454 e. The van der Waals surface area contributed by atoms with Crippen molar-refractivity contribution < 1.29 is 13.9 Å². The van der Waals surface area contributed by atoms with Crippen molar-refractivity contribution in [3.05, 3.63) is 48.0 Å². The molecule has 0 saturated carbocycles. The number of rotatable bonds is 3. The Morgan fingerprint density at radius 1 is 1.17 bits per heavy atom. The maximum Gasteiger partial charge on any atom is 0.231 e. The molecule has 92 valence electrons. The first-order valence-electron chi connectivity index (χ1n) is 5.54. The van der Waals surface area contributed by atoms with Crippen molar-refractivity contribution in [1.82, 2.24) is 4.98 Å². The molecule has 5 heteroatoms. The molecular weight excluding hydrogens is 235 g/mol. The average Bonchev–Trinajstić information content (AvgIpc) is 2.84. The molecule has 0 bridgehead atoms. The van der Waals surface area contributed by atoms with Crippen LogP contribution < -0.4 is 14.8 Å². The Hall–Kier alpha value is -2.30. The lowest BCUT2D eigenvalue weighted by Gasteiger charge is -2.07. The zero-order valence-corrected chi connectivity index (χ0v) is 9.52. The Balaban J connectivity index is 1.70. The molecule has 1 aliphatic heterocycles. The number of benzene rings is 1. The van der Waals surface area contributed by atoms with Crippen LogP contribution in [-0.4, -0.2) is 11.8 Å². The maximum atomic E-state index is 12.9. The van der Waals surface area contributed by atoms with E-state index in [9.17, 15) is 4.39 Å². The van der Waals surface area contributed by atoms with Gasteiger partial charge in [-0.1, -0.05) is 0 Å². The summed E-state index contributed by atoms with van der Waals surface area (Å²) in [5.74, 6) is 1.13. The zero-order valence-electron chi connectivity index (χ0n) is 9.52. The summed E-state index contributed by atoms with van der Waals surface area (Å²) < 4.78 is 23.4. The molecule has 0 spiro atoms. The smallest absolute Gasteiger partial charge is 0.231 e. The van der Waals surface area contributed by atoms with Crippen LogP contribution in [0.15, 0.2) is 36.7 Å². The highest BCUT2D eigenvalue weighted by atomic mass is 19.1. The predicted molar refractivity (Wildman–Crippen MR) is 64.1 cm³/mol. The third kappa shape index (κ3) is 2.20. The molecule has 1 aromatic carbocycles. The van der Waals surface area contributed by atoms with Crippen molar-refractivity contribution in [2.75, 3.05) is 12.1 Å². The van der Waals surface area contributed by atoms with Gasteiger partial charge in [0.05, 0.1) is 6.20 Å². The highest BCUT2D eigenvalue weighted by Gasteiger charge is 2.12. The van der Waals surface area contributed by atoms with Gasteiger partial charge in [0.2, 0.25) is 6.79 Å². The van der Waals surface area contributed by atoms with Gasteiger partial charge in [0.1, 0.15) is 5.82 Å². The molecule has 1 N–H and O–H groups in total. The Kier molecular flexibility index (Phi) is 2.72. The summed E-state index contributed by atoms with van der Waals surface area (Å²) in [5, 5.41) is 3.18. The van der Waals surface area contributed by atoms with E-state index < -0.39 is 0 Å². The van der Waals surface area contributed by atoms with E-state index in [1.54, 1.807) is 6.20 Å². The number of ether oxygens (including phenoxy) is 2. The van der Waals surface area contributed by atoms with Gasteiger partial charge in [-0.25, -0.2) is 4.39 Å². The molecule has 2 aromatic rings. The topological polar surface area (TPSA) is 43.4 Å². The number of pyridine rings is 1. The molecule has 0 saturated heterocycles. The van der Waals surface area contributed by atoms with Gasteiger partial charge in [-0.2, -0.15) is 0 Å². The number of nitrogens with zero attached hydrogens (tertiary/aromatic N) is 1. The molecule has 4 nitrogen and oxygen atoms in total. The van der Waals surface area contributed by atoms with Crippen molar-refractivity contribution >= 4 is 5.69 Å². The second-order valence-corrected chi connectivity index (χ2v) is 3.93. The number of aromatic nitrogens is 1. The zero-order chi connectivity index (χ0) is 12.4. The highest BCUT2D eigenvalue weighted by molar-refractivity contribution is 5.55. The van der Waals surface area contributed by atoms with Crippen molar-refractivity contribution in [2.24, 2.45) is 0 Å². The Labute approximate surface area is 103 Å². The molecule has 0 amide bonds. The van der Waals surface area contributed by atoms with Crippen LogP contribution in [0.25, 0.3) is 0 Å². The van der Waals surface area contributed by atoms with Gasteiger partial charge >= 0.3 is 0 Å². The Morgan fingerprint density at radius 2 is 2.06 bits per heavy atom. The summed E-state index contributed by atoms with van der Waals surface area (Å²) >= 11 is 0. The van der Waals surface area contributed by atoms with E-state index in [-0.39, 0.29) is 12.6 Å². The van der Waals surface area contributed by atoms with E-state index in [1.165, 1.54) is 12.3 Å². The minimum absolute atomic E-state index is 0.257. The summed E-state index contributed by atoms with van der Waals surface area (Å²) in [6, 6.07) is 7.04. The van der Waals surface area contributed by atoms with Gasteiger partial charge in [-0.3, -0.25) is 4.98 Å². The van der Waals surface area contributed by atoms with Gasteiger partial charge in [0, 0.05) is 24.5 Å². The molecule has 18 heavy (non-hydrogen) atoms. The quantitative estimate of drug-likeness (QED) is 0.903. The lowest BCUT2D eigenvalue weighted by atomic mass is 10.2. The second kappa shape index (κ2) is 4.52. The first kappa shape index (κ1) is 10.8. The largest absolute Gasteiger partial charge is 0.454 e. The van der Waals surface area contributed by atoms with Crippen molar-refractivity contribution in [3.63, 3.8) is 0 Å². The number of nitrogens with one attached hydrogen (secondary N) is 1. The molecule has 0 atom stereocenters. The first-order valence-corrected chi connectivity index (χ1v) is 5.54. The summed E-state index contributed by atoms with van der Waals surface area (Å²) in [7, 11) is 0. The molecule has 2 heterocycles. The van der Waals surface area contributed by atoms with E-state index in [1.807, 2.05) is 18.2 Å². The van der Waals surface area contributed by atoms with Crippen LogP contribution in [-0.2, 0) is 6.54 Å². The van der Waals surface area contributed by atoms with E-state index in [0.29, 0.717) is 6.54 Å². The number of hydrogen-bond acceptors (Lipinski definition) is 4. The van der Waals surface area contributed by atoms with Crippen molar-refractivity contribution in [3.8, 4) is 11.5 Å². The lowest BCUT2D eigenvalue weighted by molar-refractivity contribution is 0.174. The predicted octanol–water partition coefficient (Wildman–Crippen LogP) is 2.56. The van der Waals surface area contributed by atoms with Gasteiger partial charge in [0.25, 0.3) is 0 Å². The molecule has 0 radical (unpaired) electrons. The highest BCUT2D eigenvalue weighted by Crippen LogP contribution is 2.34. The molecule has 0 fully saturated rings.